The number of carbonyl (C=O) groups excluding carboxylic acids is 5. The number of anilines is 4. The highest BCUT2D eigenvalue weighted by atomic mass is 16.5. The second-order valence-corrected chi connectivity index (χ2v) is 15.2. The number of methoxy groups -OCH3 is 1. The molecule has 0 radical (unpaired) electrons. The molecule has 304 valence electrons. The van der Waals surface area contributed by atoms with Crippen LogP contribution in [0.4, 0.5) is 23.1 Å². The fraction of sp³-hybridized carbons (Fsp3) is 0.405. The number of imidazole rings is 1. The van der Waals surface area contributed by atoms with E-state index >= 15 is 0 Å². The van der Waals surface area contributed by atoms with E-state index in [-0.39, 0.29) is 61.5 Å². The lowest BCUT2D eigenvalue weighted by Crippen LogP contribution is -2.52. The van der Waals surface area contributed by atoms with E-state index in [4.69, 9.17) is 9.72 Å². The average molecular weight is 800 g/mol. The summed E-state index contributed by atoms with van der Waals surface area (Å²) in [7, 11) is 1.53. The van der Waals surface area contributed by atoms with Gasteiger partial charge < -0.3 is 30.5 Å². The minimum atomic E-state index is -0.743. The standard InChI is InChI=1S/C42H45N11O6/c1-3-31-37-30(20-43)46-23-52(37)33-21-45-42(50-38(33)53(31)25-9-4-5-10-25)48-29-15-14-24(19-34(29)59-2)39(56)44-18-7-6-13-35(54)47-28-12-8-11-26-27(28)22-51(41(26)58)32-16-17-36(55)49-40(32)57/h8,11-12,14-15,19,21,23,25,31-32H,3-7,9-10,13,16-18,22H2,1-2H3,(H,44,56)(H,47,54)(H,45,48,50)(H,49,55,57)/t31-,32?/m1/s1. The molecular weight excluding hydrogens is 755 g/mol. The Balaban J connectivity index is 0.857. The fourth-order valence-corrected chi connectivity index (χ4v) is 8.71. The molecule has 1 saturated heterocycles. The van der Waals surface area contributed by atoms with Crippen LogP contribution in [0.3, 0.4) is 0 Å². The summed E-state index contributed by atoms with van der Waals surface area (Å²) in [6.07, 6.45) is 10.2. The summed E-state index contributed by atoms with van der Waals surface area (Å²) >= 11 is 0. The Morgan fingerprint density at radius 3 is 2.64 bits per heavy atom. The van der Waals surface area contributed by atoms with Gasteiger partial charge in [0.15, 0.2) is 11.5 Å². The molecule has 2 aromatic carbocycles. The molecule has 2 atom stereocenters. The van der Waals surface area contributed by atoms with Crippen molar-refractivity contribution in [1.29, 1.82) is 5.26 Å². The van der Waals surface area contributed by atoms with Crippen molar-refractivity contribution in [2.24, 2.45) is 0 Å². The zero-order valence-corrected chi connectivity index (χ0v) is 32.9. The number of nitrogens with one attached hydrogen (secondary N) is 4. The van der Waals surface area contributed by atoms with E-state index in [9.17, 15) is 29.2 Å². The maximum absolute atomic E-state index is 13.1. The molecule has 1 unspecified atom stereocenters. The van der Waals surface area contributed by atoms with Crippen molar-refractivity contribution in [1.82, 2.24) is 35.1 Å². The molecule has 1 saturated carbocycles. The lowest BCUT2D eigenvalue weighted by Gasteiger charge is -2.41. The second-order valence-electron chi connectivity index (χ2n) is 15.2. The first kappa shape index (κ1) is 39.0. The van der Waals surface area contributed by atoms with Crippen LogP contribution in [0.1, 0.15) is 115 Å². The monoisotopic (exact) mass is 799 g/mol. The number of hydrogen-bond donors (Lipinski definition) is 4. The predicted molar refractivity (Wildman–Crippen MR) is 215 cm³/mol. The second kappa shape index (κ2) is 16.6. The predicted octanol–water partition coefficient (Wildman–Crippen LogP) is 4.80. The molecule has 5 amide bonds. The van der Waals surface area contributed by atoms with Crippen molar-refractivity contribution in [2.45, 2.75) is 95.8 Å². The maximum atomic E-state index is 13.1. The minimum Gasteiger partial charge on any atom is -0.495 e. The van der Waals surface area contributed by atoms with Crippen molar-refractivity contribution in [3.63, 3.8) is 0 Å². The first-order chi connectivity index (χ1) is 28.7. The number of fused-ring (bicyclic) bond motifs is 4. The molecule has 8 rings (SSSR count). The summed E-state index contributed by atoms with van der Waals surface area (Å²) in [4.78, 5) is 81.0. The summed E-state index contributed by atoms with van der Waals surface area (Å²) in [5.74, 6) is -0.104. The molecule has 17 nitrogen and oxygen atoms in total. The number of carbonyl (C=O) groups is 5. The van der Waals surface area contributed by atoms with Gasteiger partial charge in [-0.15, -0.1) is 0 Å². The molecule has 17 heteroatoms. The number of unbranched alkanes of at least 4 members (excludes halogenated alkanes) is 1. The molecule has 1 aliphatic carbocycles. The number of aromatic nitrogens is 4. The molecule has 0 spiro atoms. The summed E-state index contributed by atoms with van der Waals surface area (Å²) in [6, 6.07) is 11.9. The number of imide groups is 1. The van der Waals surface area contributed by atoms with Crippen molar-refractivity contribution in [2.75, 3.05) is 29.2 Å². The van der Waals surface area contributed by atoms with Gasteiger partial charge in [0.2, 0.25) is 23.7 Å². The van der Waals surface area contributed by atoms with Gasteiger partial charge in [-0.05, 0) is 68.9 Å². The molecule has 4 aliphatic rings. The third-order valence-electron chi connectivity index (χ3n) is 11.6. The van der Waals surface area contributed by atoms with Gasteiger partial charge in [-0.3, -0.25) is 33.9 Å². The van der Waals surface area contributed by atoms with Crippen molar-refractivity contribution in [3.8, 4) is 17.5 Å². The Morgan fingerprint density at radius 1 is 1.05 bits per heavy atom. The van der Waals surface area contributed by atoms with E-state index < -0.39 is 11.9 Å². The number of rotatable bonds is 13. The Hall–Kier alpha value is -6.83. The van der Waals surface area contributed by atoms with Crippen LogP contribution in [0.25, 0.3) is 5.69 Å². The number of piperidine rings is 1. The van der Waals surface area contributed by atoms with Gasteiger partial charge in [-0.1, -0.05) is 25.8 Å². The fourth-order valence-electron chi connectivity index (χ4n) is 8.71. The molecule has 4 aromatic rings. The van der Waals surface area contributed by atoms with Gasteiger partial charge in [0.05, 0.1) is 30.7 Å². The van der Waals surface area contributed by atoms with E-state index in [1.54, 1.807) is 48.9 Å². The van der Waals surface area contributed by atoms with E-state index in [1.165, 1.54) is 12.0 Å². The molecule has 2 aromatic heterocycles. The van der Waals surface area contributed by atoms with Crippen LogP contribution in [0.2, 0.25) is 0 Å². The zero-order chi connectivity index (χ0) is 41.2. The largest absolute Gasteiger partial charge is 0.495 e. The molecule has 4 N–H and O–H groups in total. The summed E-state index contributed by atoms with van der Waals surface area (Å²) < 4.78 is 7.60. The highest BCUT2D eigenvalue weighted by molar-refractivity contribution is 6.07. The number of nitrogens with zero attached hydrogens (tertiary/aromatic N) is 7. The van der Waals surface area contributed by atoms with Crippen LogP contribution in [-0.4, -0.2) is 79.7 Å². The van der Waals surface area contributed by atoms with Crippen molar-refractivity contribution in [3.05, 3.63) is 77.0 Å². The Labute approximate surface area is 340 Å². The van der Waals surface area contributed by atoms with Crippen LogP contribution in [0.15, 0.2) is 48.9 Å². The molecule has 59 heavy (non-hydrogen) atoms. The maximum Gasteiger partial charge on any atom is 0.255 e. The summed E-state index contributed by atoms with van der Waals surface area (Å²) in [5, 5.41) is 21.2. The number of amides is 5. The molecular formula is C42H45N11O6. The highest BCUT2D eigenvalue weighted by Crippen LogP contribution is 2.45. The third kappa shape index (κ3) is 7.53. The normalized spacial score (nSPS) is 18.4. The molecule has 3 aliphatic heterocycles. The lowest BCUT2D eigenvalue weighted by molar-refractivity contribution is -0.137. The Kier molecular flexibility index (Phi) is 11.0. The molecule has 2 fully saturated rings. The minimum absolute atomic E-state index is 0.0557. The number of hydrogen-bond acceptors (Lipinski definition) is 12. The van der Waals surface area contributed by atoms with Crippen LogP contribution in [0.5, 0.6) is 5.75 Å². The zero-order valence-electron chi connectivity index (χ0n) is 32.9. The van der Waals surface area contributed by atoms with Gasteiger partial charge in [-0.25, -0.2) is 9.97 Å². The Morgan fingerprint density at radius 2 is 1.88 bits per heavy atom. The third-order valence-corrected chi connectivity index (χ3v) is 11.6. The van der Waals surface area contributed by atoms with Crippen LogP contribution in [0, 0.1) is 11.3 Å². The lowest BCUT2D eigenvalue weighted by atomic mass is 10.0. The van der Waals surface area contributed by atoms with E-state index in [1.807, 2.05) is 4.57 Å². The van der Waals surface area contributed by atoms with Gasteiger partial charge in [0, 0.05) is 54.4 Å². The van der Waals surface area contributed by atoms with Gasteiger partial charge in [-0.2, -0.15) is 10.2 Å². The SMILES string of the molecule is CC[C@@H]1c2c(C#N)ncn2-c2cnc(Nc3ccc(C(=O)NCCCCC(=O)Nc4cccc5c4CN(C4CCC(=O)NC4=O)C5=O)cc3OC)nc2N1C1CCCC1. The van der Waals surface area contributed by atoms with Crippen LogP contribution < -0.4 is 30.9 Å². The quantitative estimate of drug-likeness (QED) is 0.106. The van der Waals surface area contributed by atoms with Gasteiger partial charge in [0.25, 0.3) is 11.8 Å². The van der Waals surface area contributed by atoms with Crippen molar-refractivity contribution >= 4 is 52.7 Å². The Bertz CT molecular complexity index is 2380. The van der Waals surface area contributed by atoms with E-state index in [2.05, 4.69) is 49.1 Å². The molecule has 0 bridgehead atoms. The smallest absolute Gasteiger partial charge is 0.255 e. The first-order valence-electron chi connectivity index (χ1n) is 20.1. The van der Waals surface area contributed by atoms with Gasteiger partial charge in [0.1, 0.15) is 29.9 Å². The van der Waals surface area contributed by atoms with E-state index in [0.29, 0.717) is 64.8 Å². The van der Waals surface area contributed by atoms with Crippen LogP contribution in [-0.2, 0) is 20.9 Å². The topological polar surface area (TPSA) is 217 Å². The van der Waals surface area contributed by atoms with Crippen LogP contribution >= 0.6 is 0 Å². The van der Waals surface area contributed by atoms with Crippen molar-refractivity contribution < 1.29 is 28.7 Å². The average Bonchev–Trinajstić information content (AvgIpc) is 4.00. The number of ether oxygens (including phenoxy) is 1. The number of benzene rings is 2. The summed E-state index contributed by atoms with van der Waals surface area (Å²) in [5.41, 5.74) is 4.60. The highest BCUT2D eigenvalue weighted by Gasteiger charge is 2.41. The summed E-state index contributed by atoms with van der Waals surface area (Å²) in [6.45, 7) is 2.62. The van der Waals surface area contributed by atoms with E-state index in [0.717, 1.165) is 49.3 Å². The number of nitriles is 1. The van der Waals surface area contributed by atoms with Gasteiger partial charge >= 0.3 is 0 Å². The first-order valence-corrected chi connectivity index (χ1v) is 20.1. The molecule has 5 heterocycles.